The van der Waals surface area contributed by atoms with Crippen LogP contribution in [0.5, 0.6) is 0 Å². The monoisotopic (exact) mass is 265 g/mol. The summed E-state index contributed by atoms with van der Waals surface area (Å²) in [5.74, 6) is 0.834. The summed E-state index contributed by atoms with van der Waals surface area (Å²) in [6.45, 7) is 1.76. The molecule has 2 aromatic heterocycles. The number of pyridine rings is 1. The molecule has 0 aliphatic heterocycles. The zero-order chi connectivity index (χ0) is 13.9. The van der Waals surface area contributed by atoms with Crippen LogP contribution in [0.4, 0.5) is 0 Å². The molecule has 0 radical (unpaired) electrons. The zero-order valence-corrected chi connectivity index (χ0v) is 11.1. The summed E-state index contributed by atoms with van der Waals surface area (Å²) < 4.78 is 1.99. The predicted octanol–water partition coefficient (Wildman–Crippen LogP) is 2.99. The van der Waals surface area contributed by atoms with E-state index in [1.165, 1.54) is 0 Å². The van der Waals surface area contributed by atoms with E-state index in [0.717, 1.165) is 22.6 Å². The second-order valence-electron chi connectivity index (χ2n) is 4.63. The molecule has 0 fully saturated rings. The molecule has 3 rings (SSSR count). The van der Waals surface area contributed by atoms with Crippen LogP contribution in [0.25, 0.3) is 17.1 Å². The lowest BCUT2D eigenvalue weighted by Crippen LogP contribution is -1.99. The second kappa shape index (κ2) is 5.27. The Balaban J connectivity index is 2.08. The maximum Gasteiger partial charge on any atom is 0.146 e. The Labute approximate surface area is 117 Å². The average Bonchev–Trinajstić information content (AvgIpc) is 2.98. The summed E-state index contributed by atoms with van der Waals surface area (Å²) in [5, 5.41) is 9.70. The predicted molar refractivity (Wildman–Crippen MR) is 77.4 cm³/mol. The van der Waals surface area contributed by atoms with E-state index in [4.69, 9.17) is 0 Å². The van der Waals surface area contributed by atoms with Gasteiger partial charge in [-0.25, -0.2) is 4.98 Å². The fourth-order valence-corrected chi connectivity index (χ4v) is 2.15. The molecule has 4 heteroatoms. The minimum absolute atomic E-state index is 0.486. The van der Waals surface area contributed by atoms with Gasteiger partial charge in [0.2, 0.25) is 0 Å². The number of aliphatic hydroxyl groups excluding tert-OH is 1. The maximum atomic E-state index is 9.70. The van der Waals surface area contributed by atoms with Crippen LogP contribution in [-0.4, -0.2) is 19.6 Å². The van der Waals surface area contributed by atoms with Gasteiger partial charge in [-0.05, 0) is 36.8 Å². The minimum atomic E-state index is -0.486. The summed E-state index contributed by atoms with van der Waals surface area (Å²) in [4.78, 5) is 8.53. The van der Waals surface area contributed by atoms with Crippen molar-refractivity contribution in [3.05, 3.63) is 66.7 Å². The normalized spacial score (nSPS) is 12.3. The Morgan fingerprint density at radius 1 is 1.15 bits per heavy atom. The summed E-state index contributed by atoms with van der Waals surface area (Å²) in [7, 11) is 0. The highest BCUT2D eigenvalue weighted by molar-refractivity contribution is 5.57. The third kappa shape index (κ3) is 2.33. The average molecular weight is 265 g/mol. The summed E-state index contributed by atoms with van der Waals surface area (Å²) in [5.41, 5.74) is 2.81. The molecule has 1 aromatic carbocycles. The Bertz CT molecular complexity index is 705. The van der Waals surface area contributed by atoms with Gasteiger partial charge in [-0.1, -0.05) is 12.1 Å². The molecular formula is C16H15N3O. The highest BCUT2D eigenvalue weighted by Crippen LogP contribution is 2.22. The van der Waals surface area contributed by atoms with Crippen molar-refractivity contribution < 1.29 is 5.11 Å². The van der Waals surface area contributed by atoms with E-state index in [0.29, 0.717) is 0 Å². The largest absolute Gasteiger partial charge is 0.389 e. The quantitative estimate of drug-likeness (QED) is 0.792. The molecule has 4 nitrogen and oxygen atoms in total. The van der Waals surface area contributed by atoms with Gasteiger partial charge in [0.15, 0.2) is 0 Å². The molecule has 1 unspecified atom stereocenters. The topological polar surface area (TPSA) is 50.9 Å². The molecule has 0 spiro atoms. The number of aromatic nitrogens is 3. The number of hydrogen-bond donors (Lipinski definition) is 1. The number of hydrogen-bond acceptors (Lipinski definition) is 3. The van der Waals surface area contributed by atoms with Crippen molar-refractivity contribution in [1.29, 1.82) is 0 Å². The Hall–Kier alpha value is -2.46. The van der Waals surface area contributed by atoms with Crippen LogP contribution in [0.15, 0.2) is 61.2 Å². The van der Waals surface area contributed by atoms with E-state index in [2.05, 4.69) is 9.97 Å². The van der Waals surface area contributed by atoms with E-state index in [-0.39, 0.29) is 0 Å². The molecule has 0 saturated carbocycles. The van der Waals surface area contributed by atoms with Crippen LogP contribution in [-0.2, 0) is 0 Å². The van der Waals surface area contributed by atoms with Crippen molar-refractivity contribution >= 4 is 0 Å². The molecule has 1 atom stereocenters. The van der Waals surface area contributed by atoms with Gasteiger partial charge in [-0.15, -0.1) is 0 Å². The third-order valence-electron chi connectivity index (χ3n) is 3.19. The zero-order valence-electron chi connectivity index (χ0n) is 11.1. The standard InChI is InChI=1S/C16H15N3O/c1-12(20)13-4-2-6-15(10-13)19-9-8-18-16(19)14-5-3-7-17-11-14/h2-12,20H,1H3. The smallest absolute Gasteiger partial charge is 0.146 e. The highest BCUT2D eigenvalue weighted by Gasteiger charge is 2.09. The van der Waals surface area contributed by atoms with Crippen LogP contribution < -0.4 is 0 Å². The number of nitrogens with zero attached hydrogens (tertiary/aromatic N) is 3. The van der Waals surface area contributed by atoms with Crippen molar-refractivity contribution in [1.82, 2.24) is 14.5 Å². The van der Waals surface area contributed by atoms with E-state index in [1.807, 2.05) is 47.2 Å². The van der Waals surface area contributed by atoms with Crippen molar-refractivity contribution in [2.45, 2.75) is 13.0 Å². The fourth-order valence-electron chi connectivity index (χ4n) is 2.15. The molecule has 1 N–H and O–H groups in total. The molecule has 2 heterocycles. The minimum Gasteiger partial charge on any atom is -0.389 e. The second-order valence-corrected chi connectivity index (χ2v) is 4.63. The van der Waals surface area contributed by atoms with Gasteiger partial charge in [0.1, 0.15) is 5.82 Å². The lowest BCUT2D eigenvalue weighted by molar-refractivity contribution is 0.199. The fraction of sp³-hybridized carbons (Fsp3) is 0.125. The first kappa shape index (κ1) is 12.6. The van der Waals surface area contributed by atoms with Gasteiger partial charge in [-0.3, -0.25) is 9.55 Å². The first-order valence-electron chi connectivity index (χ1n) is 6.48. The lowest BCUT2D eigenvalue weighted by atomic mass is 10.1. The van der Waals surface area contributed by atoms with Crippen LogP contribution in [0.3, 0.4) is 0 Å². The molecule has 0 amide bonds. The Kier molecular flexibility index (Phi) is 3.31. The lowest BCUT2D eigenvalue weighted by Gasteiger charge is -2.11. The van der Waals surface area contributed by atoms with Crippen LogP contribution in [0.1, 0.15) is 18.6 Å². The van der Waals surface area contributed by atoms with Gasteiger partial charge in [0.05, 0.1) is 6.10 Å². The van der Waals surface area contributed by atoms with Crippen molar-refractivity contribution in [2.24, 2.45) is 0 Å². The molecule has 0 aliphatic rings. The highest BCUT2D eigenvalue weighted by atomic mass is 16.3. The van der Waals surface area contributed by atoms with Crippen LogP contribution >= 0.6 is 0 Å². The van der Waals surface area contributed by atoms with Crippen LogP contribution in [0.2, 0.25) is 0 Å². The molecular weight excluding hydrogens is 250 g/mol. The van der Waals surface area contributed by atoms with E-state index in [9.17, 15) is 5.11 Å². The van der Waals surface area contributed by atoms with Crippen molar-refractivity contribution in [3.8, 4) is 17.1 Å². The summed E-state index contributed by atoms with van der Waals surface area (Å²) in [6, 6.07) is 11.7. The van der Waals surface area contributed by atoms with Gasteiger partial charge < -0.3 is 5.11 Å². The van der Waals surface area contributed by atoms with Crippen molar-refractivity contribution in [2.75, 3.05) is 0 Å². The Morgan fingerprint density at radius 3 is 2.80 bits per heavy atom. The maximum absolute atomic E-state index is 9.70. The molecule has 100 valence electrons. The van der Waals surface area contributed by atoms with Crippen molar-refractivity contribution in [3.63, 3.8) is 0 Å². The molecule has 3 aromatic rings. The summed E-state index contributed by atoms with van der Waals surface area (Å²) in [6.07, 6.45) is 6.71. The number of aliphatic hydroxyl groups is 1. The summed E-state index contributed by atoms with van der Waals surface area (Å²) >= 11 is 0. The molecule has 20 heavy (non-hydrogen) atoms. The molecule has 0 aliphatic carbocycles. The van der Waals surface area contributed by atoms with Gasteiger partial charge >= 0.3 is 0 Å². The molecule has 0 saturated heterocycles. The molecule has 0 bridgehead atoms. The number of imidazole rings is 1. The van der Waals surface area contributed by atoms with E-state index in [1.54, 1.807) is 25.5 Å². The first-order valence-corrected chi connectivity index (χ1v) is 6.48. The number of rotatable bonds is 3. The third-order valence-corrected chi connectivity index (χ3v) is 3.19. The van der Waals surface area contributed by atoms with E-state index < -0.39 is 6.10 Å². The number of benzene rings is 1. The van der Waals surface area contributed by atoms with Gasteiger partial charge in [-0.2, -0.15) is 0 Å². The van der Waals surface area contributed by atoms with Gasteiger partial charge in [0.25, 0.3) is 0 Å². The SMILES string of the molecule is CC(O)c1cccc(-n2ccnc2-c2cccnc2)c1. The van der Waals surface area contributed by atoms with Gasteiger partial charge in [0, 0.05) is 36.0 Å². The van der Waals surface area contributed by atoms with E-state index >= 15 is 0 Å². The first-order chi connectivity index (χ1) is 9.75. The van der Waals surface area contributed by atoms with Crippen LogP contribution in [0, 0.1) is 0 Å². The Morgan fingerprint density at radius 2 is 2.05 bits per heavy atom.